The molecule has 0 saturated carbocycles. The molecule has 0 aliphatic carbocycles. The van der Waals surface area contributed by atoms with E-state index in [1.54, 1.807) is 0 Å². The molecule has 1 unspecified atom stereocenters. The first kappa shape index (κ1) is 11.9. The summed E-state index contributed by atoms with van der Waals surface area (Å²) in [7, 11) is 0. The Morgan fingerprint density at radius 1 is 1.53 bits per heavy atom. The van der Waals surface area contributed by atoms with Gasteiger partial charge in [-0.2, -0.15) is 0 Å². The van der Waals surface area contributed by atoms with E-state index in [4.69, 9.17) is 0 Å². The van der Waals surface area contributed by atoms with Gasteiger partial charge in [-0.25, -0.2) is 0 Å². The van der Waals surface area contributed by atoms with Crippen molar-refractivity contribution in [3.63, 3.8) is 0 Å². The predicted octanol–water partition coefficient (Wildman–Crippen LogP) is 3.09. The van der Waals surface area contributed by atoms with E-state index in [0.29, 0.717) is 6.04 Å². The number of pyridine rings is 1. The number of rotatable bonds is 7. The highest BCUT2D eigenvalue weighted by Crippen LogP contribution is 2.16. The summed E-state index contributed by atoms with van der Waals surface area (Å²) in [5.74, 6) is 0. The zero-order valence-electron chi connectivity index (χ0n) is 9.45. The normalized spacial score (nSPS) is 12.3. The second kappa shape index (κ2) is 7.18. The van der Waals surface area contributed by atoms with Gasteiger partial charge in [-0.15, -0.1) is 6.58 Å². The van der Waals surface area contributed by atoms with Crippen LogP contribution in [0.2, 0.25) is 0 Å². The van der Waals surface area contributed by atoms with Crippen molar-refractivity contribution in [3.8, 4) is 0 Å². The fraction of sp³-hybridized carbons (Fsp3) is 0.462. The summed E-state index contributed by atoms with van der Waals surface area (Å²) in [6.45, 7) is 6.85. The van der Waals surface area contributed by atoms with Crippen LogP contribution in [-0.2, 0) is 0 Å². The lowest BCUT2D eigenvalue weighted by Crippen LogP contribution is -2.21. The first-order valence-corrected chi connectivity index (χ1v) is 5.63. The van der Waals surface area contributed by atoms with Crippen LogP contribution in [0.3, 0.4) is 0 Å². The monoisotopic (exact) mass is 204 g/mol. The van der Waals surface area contributed by atoms with Gasteiger partial charge in [0.15, 0.2) is 0 Å². The molecule has 0 saturated heterocycles. The molecule has 15 heavy (non-hydrogen) atoms. The SMILES string of the molecule is C=CCCCC(NCC)c1ccccn1. The highest BCUT2D eigenvalue weighted by Gasteiger charge is 2.09. The average Bonchev–Trinajstić information content (AvgIpc) is 2.29. The number of nitrogens with zero attached hydrogens (tertiary/aromatic N) is 1. The number of hydrogen-bond donors (Lipinski definition) is 1. The van der Waals surface area contributed by atoms with Gasteiger partial charge >= 0.3 is 0 Å². The molecule has 1 heterocycles. The Balaban J connectivity index is 2.53. The third kappa shape index (κ3) is 4.26. The first-order chi connectivity index (χ1) is 7.38. The van der Waals surface area contributed by atoms with Crippen molar-refractivity contribution in [3.05, 3.63) is 42.7 Å². The van der Waals surface area contributed by atoms with Crippen LogP contribution < -0.4 is 5.32 Å². The second-order valence-corrected chi connectivity index (χ2v) is 3.58. The quantitative estimate of drug-likeness (QED) is 0.545. The summed E-state index contributed by atoms with van der Waals surface area (Å²) in [4.78, 5) is 4.39. The Kier molecular flexibility index (Phi) is 5.71. The van der Waals surface area contributed by atoms with E-state index in [2.05, 4.69) is 29.9 Å². The van der Waals surface area contributed by atoms with Crippen molar-refractivity contribution in [2.75, 3.05) is 6.54 Å². The third-order valence-corrected chi connectivity index (χ3v) is 2.40. The topological polar surface area (TPSA) is 24.9 Å². The van der Waals surface area contributed by atoms with E-state index in [9.17, 15) is 0 Å². The summed E-state index contributed by atoms with van der Waals surface area (Å²) < 4.78 is 0. The van der Waals surface area contributed by atoms with Crippen molar-refractivity contribution >= 4 is 0 Å². The van der Waals surface area contributed by atoms with Gasteiger partial charge in [-0.05, 0) is 37.9 Å². The Labute approximate surface area is 92.4 Å². The number of aromatic nitrogens is 1. The Bertz CT molecular complexity index is 269. The Hall–Kier alpha value is -1.15. The summed E-state index contributed by atoms with van der Waals surface area (Å²) in [5.41, 5.74) is 1.14. The van der Waals surface area contributed by atoms with Gasteiger partial charge in [0.2, 0.25) is 0 Å². The molecule has 1 aromatic heterocycles. The van der Waals surface area contributed by atoms with Gasteiger partial charge in [0.25, 0.3) is 0 Å². The van der Waals surface area contributed by atoms with E-state index >= 15 is 0 Å². The molecular formula is C13H20N2. The molecule has 0 aliphatic heterocycles. The van der Waals surface area contributed by atoms with Crippen LogP contribution >= 0.6 is 0 Å². The summed E-state index contributed by atoms with van der Waals surface area (Å²) in [6.07, 6.45) is 7.19. The maximum Gasteiger partial charge on any atom is 0.0573 e. The van der Waals surface area contributed by atoms with Gasteiger partial charge in [0, 0.05) is 12.2 Å². The lowest BCUT2D eigenvalue weighted by Gasteiger charge is -2.16. The number of hydrogen-bond acceptors (Lipinski definition) is 2. The standard InChI is InChI=1S/C13H20N2/c1-3-5-6-9-12(14-4-2)13-10-7-8-11-15-13/h3,7-8,10-12,14H,1,4-6,9H2,2H3. The molecule has 0 aromatic carbocycles. The van der Waals surface area contributed by atoms with Crippen LogP contribution in [0.5, 0.6) is 0 Å². The highest BCUT2D eigenvalue weighted by atomic mass is 14.9. The Morgan fingerprint density at radius 3 is 3.00 bits per heavy atom. The van der Waals surface area contributed by atoms with Gasteiger partial charge in [0.1, 0.15) is 0 Å². The van der Waals surface area contributed by atoms with E-state index < -0.39 is 0 Å². The van der Waals surface area contributed by atoms with Crippen molar-refractivity contribution in [2.45, 2.75) is 32.2 Å². The zero-order valence-corrected chi connectivity index (χ0v) is 9.45. The maximum atomic E-state index is 4.39. The largest absolute Gasteiger partial charge is 0.309 e. The minimum absolute atomic E-state index is 0.385. The molecule has 1 atom stereocenters. The molecule has 0 spiro atoms. The minimum atomic E-state index is 0.385. The molecule has 82 valence electrons. The van der Waals surface area contributed by atoms with Crippen LogP contribution in [0, 0.1) is 0 Å². The molecule has 0 bridgehead atoms. The minimum Gasteiger partial charge on any atom is -0.309 e. The summed E-state index contributed by atoms with van der Waals surface area (Å²) in [5, 5.41) is 3.46. The molecule has 0 amide bonds. The molecule has 1 N–H and O–H groups in total. The lowest BCUT2D eigenvalue weighted by atomic mass is 10.1. The molecule has 1 rings (SSSR count). The van der Waals surface area contributed by atoms with Crippen molar-refractivity contribution in [2.24, 2.45) is 0 Å². The number of allylic oxidation sites excluding steroid dienone is 1. The number of unbranched alkanes of at least 4 members (excludes halogenated alkanes) is 1. The fourth-order valence-corrected chi connectivity index (χ4v) is 1.65. The molecular weight excluding hydrogens is 184 g/mol. The predicted molar refractivity (Wildman–Crippen MR) is 64.7 cm³/mol. The second-order valence-electron chi connectivity index (χ2n) is 3.58. The zero-order chi connectivity index (χ0) is 10.9. The van der Waals surface area contributed by atoms with E-state index in [-0.39, 0.29) is 0 Å². The van der Waals surface area contributed by atoms with Crippen LogP contribution in [-0.4, -0.2) is 11.5 Å². The van der Waals surface area contributed by atoms with Crippen LogP contribution in [0.4, 0.5) is 0 Å². The van der Waals surface area contributed by atoms with Gasteiger partial charge in [-0.1, -0.05) is 19.1 Å². The molecule has 0 aliphatic rings. The van der Waals surface area contributed by atoms with Gasteiger partial charge in [0.05, 0.1) is 5.69 Å². The number of nitrogens with one attached hydrogen (secondary N) is 1. The smallest absolute Gasteiger partial charge is 0.0573 e. The van der Waals surface area contributed by atoms with Crippen molar-refractivity contribution < 1.29 is 0 Å². The molecule has 0 fully saturated rings. The van der Waals surface area contributed by atoms with Gasteiger partial charge in [-0.3, -0.25) is 4.98 Å². The fourth-order valence-electron chi connectivity index (χ4n) is 1.65. The summed E-state index contributed by atoms with van der Waals surface area (Å²) >= 11 is 0. The van der Waals surface area contributed by atoms with Crippen molar-refractivity contribution in [1.29, 1.82) is 0 Å². The van der Waals surface area contributed by atoms with Crippen LogP contribution in [0.25, 0.3) is 0 Å². The van der Waals surface area contributed by atoms with Crippen LogP contribution in [0.15, 0.2) is 37.1 Å². The van der Waals surface area contributed by atoms with E-state index in [0.717, 1.165) is 31.5 Å². The summed E-state index contributed by atoms with van der Waals surface area (Å²) in [6, 6.07) is 6.47. The maximum absolute atomic E-state index is 4.39. The molecule has 1 aromatic rings. The molecule has 2 nitrogen and oxygen atoms in total. The average molecular weight is 204 g/mol. The molecule has 0 radical (unpaired) electrons. The van der Waals surface area contributed by atoms with E-state index in [1.165, 1.54) is 0 Å². The third-order valence-electron chi connectivity index (χ3n) is 2.40. The van der Waals surface area contributed by atoms with Crippen molar-refractivity contribution in [1.82, 2.24) is 10.3 Å². The lowest BCUT2D eigenvalue weighted by molar-refractivity contribution is 0.490. The van der Waals surface area contributed by atoms with E-state index in [1.807, 2.05) is 24.4 Å². The Morgan fingerprint density at radius 2 is 2.40 bits per heavy atom. The van der Waals surface area contributed by atoms with Gasteiger partial charge < -0.3 is 5.32 Å². The first-order valence-electron chi connectivity index (χ1n) is 5.63. The highest BCUT2D eigenvalue weighted by molar-refractivity contribution is 5.08. The molecule has 2 heteroatoms. The van der Waals surface area contributed by atoms with Crippen LogP contribution in [0.1, 0.15) is 37.9 Å².